The molecule has 82 valence electrons. The Morgan fingerprint density at radius 2 is 2.00 bits per heavy atom. The van der Waals surface area contributed by atoms with Gasteiger partial charge >= 0.3 is 95.6 Å². The second-order valence-electron chi connectivity index (χ2n) is 4.56. The predicted octanol–water partition coefficient (Wildman–Crippen LogP) is 2.44. The number of carbonyl (C=O) groups excluding carboxylic acids is 1. The molecule has 0 radical (unpaired) electrons. The van der Waals surface area contributed by atoms with Crippen molar-refractivity contribution in [2.75, 3.05) is 6.61 Å². The fourth-order valence-electron chi connectivity index (χ4n) is 1.49. The molecule has 0 saturated carbocycles. The van der Waals surface area contributed by atoms with E-state index in [1.807, 2.05) is 25.1 Å². The van der Waals surface area contributed by atoms with Crippen LogP contribution in [0.5, 0.6) is 5.75 Å². The number of ether oxygens (including phenoxy) is 1. The summed E-state index contributed by atoms with van der Waals surface area (Å²) < 4.78 is 6.89. The zero-order valence-corrected chi connectivity index (χ0v) is 12.7. The normalized spacial score (nSPS) is 11.2. The molecule has 1 aromatic rings. The van der Waals surface area contributed by atoms with Crippen LogP contribution in [0.15, 0.2) is 18.2 Å². The Balaban J connectivity index is 3.22. The van der Waals surface area contributed by atoms with E-state index in [-0.39, 0.29) is 0 Å². The van der Waals surface area contributed by atoms with Crippen molar-refractivity contribution in [1.82, 2.24) is 0 Å². The molecular formula is C12H18O2Sn. The van der Waals surface area contributed by atoms with E-state index in [4.69, 9.17) is 4.74 Å². The Bertz CT molecular complexity index is 353. The van der Waals surface area contributed by atoms with E-state index in [1.165, 1.54) is 3.58 Å². The summed E-state index contributed by atoms with van der Waals surface area (Å²) in [5.41, 5.74) is 0.750. The summed E-state index contributed by atoms with van der Waals surface area (Å²) in [6, 6.07) is 5.73. The summed E-state index contributed by atoms with van der Waals surface area (Å²) in [5.74, 6) is 0.964. The minimum atomic E-state index is -2.18. The third-order valence-electron chi connectivity index (χ3n) is 2.25. The van der Waals surface area contributed by atoms with E-state index in [1.54, 1.807) is 0 Å². The Labute approximate surface area is 95.5 Å². The molecule has 1 aromatic carbocycles. The van der Waals surface area contributed by atoms with Gasteiger partial charge in [0.2, 0.25) is 0 Å². The third-order valence-corrected chi connectivity index (χ3v) is 7.98. The van der Waals surface area contributed by atoms with Crippen LogP contribution in [0, 0.1) is 0 Å². The van der Waals surface area contributed by atoms with Gasteiger partial charge in [-0.1, -0.05) is 0 Å². The molecule has 0 fully saturated rings. The Morgan fingerprint density at radius 3 is 2.47 bits per heavy atom. The van der Waals surface area contributed by atoms with Gasteiger partial charge in [0.05, 0.1) is 0 Å². The van der Waals surface area contributed by atoms with Gasteiger partial charge in [-0.05, 0) is 0 Å². The number of hydrogen-bond donors (Lipinski definition) is 0. The van der Waals surface area contributed by atoms with Gasteiger partial charge in [-0.25, -0.2) is 0 Å². The third kappa shape index (κ3) is 3.23. The van der Waals surface area contributed by atoms with Crippen molar-refractivity contribution in [3.63, 3.8) is 0 Å². The maximum absolute atomic E-state index is 10.7. The Hall–Kier alpha value is -0.511. The quantitative estimate of drug-likeness (QED) is 0.630. The summed E-state index contributed by atoms with van der Waals surface area (Å²) in [6.45, 7) is 2.66. The summed E-state index contributed by atoms with van der Waals surface area (Å²) in [5, 5.41) is 0. The molecule has 3 heteroatoms. The van der Waals surface area contributed by atoms with Gasteiger partial charge < -0.3 is 0 Å². The summed E-state index contributed by atoms with van der Waals surface area (Å²) >= 11 is -2.18. The zero-order chi connectivity index (χ0) is 11.5. The van der Waals surface area contributed by atoms with Crippen LogP contribution in [0.3, 0.4) is 0 Å². The molecule has 0 aliphatic rings. The van der Waals surface area contributed by atoms with Crippen molar-refractivity contribution in [2.45, 2.75) is 21.7 Å². The number of aldehydes is 1. The van der Waals surface area contributed by atoms with Crippen LogP contribution in [0.4, 0.5) is 0 Å². The van der Waals surface area contributed by atoms with Gasteiger partial charge in [0, 0.05) is 0 Å². The van der Waals surface area contributed by atoms with E-state index in [2.05, 4.69) is 14.8 Å². The first-order valence-electron chi connectivity index (χ1n) is 5.21. The van der Waals surface area contributed by atoms with E-state index < -0.39 is 18.4 Å². The van der Waals surface area contributed by atoms with E-state index in [9.17, 15) is 4.79 Å². The van der Waals surface area contributed by atoms with E-state index >= 15 is 0 Å². The van der Waals surface area contributed by atoms with Crippen LogP contribution in [-0.2, 0) is 0 Å². The fourth-order valence-corrected chi connectivity index (χ4v) is 5.75. The summed E-state index contributed by atoms with van der Waals surface area (Å²) in [4.78, 5) is 17.7. The number of rotatable bonds is 4. The van der Waals surface area contributed by atoms with E-state index in [0.717, 1.165) is 17.6 Å². The molecule has 0 saturated heterocycles. The summed E-state index contributed by atoms with van der Waals surface area (Å²) in [7, 11) is 0. The second-order valence-corrected chi connectivity index (χ2v) is 18.9. The molecule has 0 bridgehead atoms. The molecule has 0 N–H and O–H groups in total. The average Bonchev–Trinajstić information content (AvgIpc) is 2.17. The fraction of sp³-hybridized carbons (Fsp3) is 0.417. The molecule has 0 aromatic heterocycles. The van der Waals surface area contributed by atoms with Crippen LogP contribution >= 0.6 is 0 Å². The first-order chi connectivity index (χ1) is 6.99. The van der Waals surface area contributed by atoms with Crippen LogP contribution in [0.2, 0.25) is 14.8 Å². The molecule has 1 rings (SSSR count). The van der Waals surface area contributed by atoms with Crippen LogP contribution < -0.4 is 8.32 Å². The Morgan fingerprint density at radius 1 is 1.33 bits per heavy atom. The van der Waals surface area contributed by atoms with Gasteiger partial charge in [-0.2, -0.15) is 0 Å². The van der Waals surface area contributed by atoms with Crippen LogP contribution in [0.1, 0.15) is 17.3 Å². The maximum atomic E-state index is 10.7. The molecule has 0 aliphatic carbocycles. The second kappa shape index (κ2) is 5.01. The van der Waals surface area contributed by atoms with Crippen molar-refractivity contribution in [1.29, 1.82) is 0 Å². The molecular weight excluding hydrogens is 295 g/mol. The van der Waals surface area contributed by atoms with Crippen molar-refractivity contribution in [3.8, 4) is 5.75 Å². The SMILES string of the molecule is CCOc1ccc(C=O)c[c]1[Sn]([CH3])([CH3])[CH3]. The van der Waals surface area contributed by atoms with Gasteiger partial charge in [-0.15, -0.1) is 0 Å². The van der Waals surface area contributed by atoms with Gasteiger partial charge in [-0.3, -0.25) is 0 Å². The van der Waals surface area contributed by atoms with Crippen LogP contribution in [-0.4, -0.2) is 31.3 Å². The Kier molecular flexibility index (Phi) is 4.20. The standard InChI is InChI=1S/C9H9O2.3CH3.Sn/c1-2-11-9-5-3-8(7-10)4-6-9;;;;/h3-5,7H,2H2,1H3;3*1H3;. The number of hydrogen-bond acceptors (Lipinski definition) is 2. The van der Waals surface area contributed by atoms with Crippen molar-refractivity contribution < 1.29 is 9.53 Å². The molecule has 0 atom stereocenters. The van der Waals surface area contributed by atoms with Gasteiger partial charge in [0.1, 0.15) is 0 Å². The average molecular weight is 313 g/mol. The van der Waals surface area contributed by atoms with Gasteiger partial charge in [0.25, 0.3) is 0 Å². The molecule has 0 amide bonds. The topological polar surface area (TPSA) is 26.3 Å². The molecule has 0 spiro atoms. The molecule has 2 nitrogen and oxygen atoms in total. The van der Waals surface area contributed by atoms with Crippen molar-refractivity contribution in [2.24, 2.45) is 0 Å². The van der Waals surface area contributed by atoms with Gasteiger partial charge in [0.15, 0.2) is 0 Å². The predicted molar refractivity (Wildman–Crippen MR) is 66.0 cm³/mol. The summed E-state index contributed by atoms with van der Waals surface area (Å²) in [6.07, 6.45) is 0.900. The first kappa shape index (κ1) is 12.6. The molecule has 0 heterocycles. The first-order valence-corrected chi connectivity index (χ1v) is 15.2. The zero-order valence-electron chi connectivity index (χ0n) is 9.83. The molecule has 0 aliphatic heterocycles. The molecule has 15 heavy (non-hydrogen) atoms. The van der Waals surface area contributed by atoms with Crippen molar-refractivity contribution in [3.05, 3.63) is 23.8 Å². The number of benzene rings is 1. The molecule has 0 unspecified atom stereocenters. The monoisotopic (exact) mass is 314 g/mol. The van der Waals surface area contributed by atoms with E-state index in [0.29, 0.717) is 6.61 Å². The van der Waals surface area contributed by atoms with Crippen molar-refractivity contribution >= 4 is 28.2 Å². The number of carbonyl (C=O) groups is 1. The minimum absolute atomic E-state index is 0.676. The van der Waals surface area contributed by atoms with Crippen LogP contribution in [0.25, 0.3) is 0 Å².